The van der Waals surface area contributed by atoms with E-state index in [2.05, 4.69) is 41.8 Å². The van der Waals surface area contributed by atoms with Crippen molar-refractivity contribution in [3.63, 3.8) is 0 Å². The van der Waals surface area contributed by atoms with Crippen molar-refractivity contribution in [2.75, 3.05) is 7.11 Å². The summed E-state index contributed by atoms with van der Waals surface area (Å²) in [5.74, 6) is 6.54. The number of aryl methyl sites for hydroxylation is 1. The number of hydrazine groups is 1. The quantitative estimate of drug-likeness (QED) is 0.600. The zero-order chi connectivity index (χ0) is 14.2. The van der Waals surface area contributed by atoms with Gasteiger partial charge in [0.05, 0.1) is 7.11 Å². The molecule has 2 aromatic rings. The average Bonchev–Trinajstić information content (AvgIpc) is 2.53. The molecule has 0 radical (unpaired) electrons. The maximum atomic E-state index is 5.67. The molecule has 3 nitrogen and oxygen atoms in total. The van der Waals surface area contributed by atoms with Gasteiger partial charge in [0.1, 0.15) is 5.75 Å². The minimum Gasteiger partial charge on any atom is -0.497 e. The Labute approximate surface area is 120 Å². The summed E-state index contributed by atoms with van der Waals surface area (Å²) >= 11 is 0. The molecule has 106 valence electrons. The number of benzene rings is 2. The third kappa shape index (κ3) is 4.08. The van der Waals surface area contributed by atoms with Crippen LogP contribution in [0.3, 0.4) is 0 Å². The van der Waals surface area contributed by atoms with Crippen LogP contribution in [0.15, 0.2) is 54.6 Å². The summed E-state index contributed by atoms with van der Waals surface area (Å²) < 4.78 is 5.17. The molecule has 2 aromatic carbocycles. The van der Waals surface area contributed by atoms with E-state index in [-0.39, 0.29) is 6.04 Å². The zero-order valence-electron chi connectivity index (χ0n) is 11.9. The smallest absolute Gasteiger partial charge is 0.118 e. The van der Waals surface area contributed by atoms with E-state index in [4.69, 9.17) is 10.6 Å². The van der Waals surface area contributed by atoms with Gasteiger partial charge in [-0.3, -0.25) is 11.3 Å². The van der Waals surface area contributed by atoms with Crippen LogP contribution in [-0.4, -0.2) is 7.11 Å². The molecule has 0 spiro atoms. The summed E-state index contributed by atoms with van der Waals surface area (Å²) in [6.07, 6.45) is 3.19. The van der Waals surface area contributed by atoms with Crippen molar-refractivity contribution in [3.8, 4) is 5.75 Å². The first-order valence-electron chi connectivity index (χ1n) is 6.97. The molecule has 0 aliphatic carbocycles. The lowest BCUT2D eigenvalue weighted by Gasteiger charge is -2.16. The van der Waals surface area contributed by atoms with Crippen LogP contribution in [0.25, 0.3) is 0 Å². The highest BCUT2D eigenvalue weighted by atomic mass is 16.5. The Bertz CT molecular complexity index is 496. The third-order valence-electron chi connectivity index (χ3n) is 3.52. The number of nitrogens with one attached hydrogen (secondary N) is 1. The van der Waals surface area contributed by atoms with Gasteiger partial charge in [0, 0.05) is 6.04 Å². The van der Waals surface area contributed by atoms with Crippen LogP contribution >= 0.6 is 0 Å². The fourth-order valence-electron chi connectivity index (χ4n) is 2.34. The summed E-state index contributed by atoms with van der Waals surface area (Å²) in [5, 5.41) is 0. The van der Waals surface area contributed by atoms with Gasteiger partial charge in [-0.1, -0.05) is 42.5 Å². The van der Waals surface area contributed by atoms with E-state index in [0.29, 0.717) is 0 Å². The summed E-state index contributed by atoms with van der Waals surface area (Å²) in [7, 11) is 1.67. The molecule has 3 heteroatoms. The van der Waals surface area contributed by atoms with Gasteiger partial charge in [-0.15, -0.1) is 0 Å². The molecule has 0 amide bonds. The van der Waals surface area contributed by atoms with Crippen molar-refractivity contribution < 1.29 is 4.74 Å². The standard InChI is InChI=1S/C17H22N2O/c1-20-16-12-10-15(11-13-16)17(19-18)9-5-8-14-6-3-2-4-7-14/h2-4,6-7,10-13,17,19H,5,8-9,18H2,1H3. The molecular weight excluding hydrogens is 248 g/mol. The van der Waals surface area contributed by atoms with Crippen LogP contribution in [0, 0.1) is 0 Å². The van der Waals surface area contributed by atoms with Gasteiger partial charge in [0.25, 0.3) is 0 Å². The molecule has 1 unspecified atom stereocenters. The highest BCUT2D eigenvalue weighted by Gasteiger charge is 2.09. The Balaban J connectivity index is 1.88. The fraction of sp³-hybridized carbons (Fsp3) is 0.294. The fourth-order valence-corrected chi connectivity index (χ4v) is 2.34. The molecule has 0 fully saturated rings. The first-order chi connectivity index (χ1) is 9.83. The maximum absolute atomic E-state index is 5.67. The van der Waals surface area contributed by atoms with Crippen molar-refractivity contribution in [2.45, 2.75) is 25.3 Å². The van der Waals surface area contributed by atoms with Gasteiger partial charge in [0.15, 0.2) is 0 Å². The molecule has 20 heavy (non-hydrogen) atoms. The zero-order valence-corrected chi connectivity index (χ0v) is 11.9. The lowest BCUT2D eigenvalue weighted by atomic mass is 9.99. The van der Waals surface area contributed by atoms with Gasteiger partial charge >= 0.3 is 0 Å². The number of methoxy groups -OCH3 is 1. The second-order valence-electron chi connectivity index (χ2n) is 4.87. The first kappa shape index (κ1) is 14.6. The molecule has 3 N–H and O–H groups in total. The van der Waals surface area contributed by atoms with Crippen LogP contribution in [0.1, 0.15) is 30.0 Å². The van der Waals surface area contributed by atoms with Crippen LogP contribution in [-0.2, 0) is 6.42 Å². The predicted molar refractivity (Wildman–Crippen MR) is 82.4 cm³/mol. The van der Waals surface area contributed by atoms with E-state index < -0.39 is 0 Å². The van der Waals surface area contributed by atoms with Crippen LogP contribution in [0.2, 0.25) is 0 Å². The first-order valence-corrected chi connectivity index (χ1v) is 6.97. The summed E-state index contributed by atoms with van der Waals surface area (Å²) in [6, 6.07) is 18.8. The number of ether oxygens (including phenoxy) is 1. The molecule has 0 heterocycles. The van der Waals surface area contributed by atoms with Gasteiger partial charge < -0.3 is 4.74 Å². The molecule has 0 aliphatic heterocycles. The highest BCUT2D eigenvalue weighted by molar-refractivity contribution is 5.29. The number of nitrogens with two attached hydrogens (primary N) is 1. The highest BCUT2D eigenvalue weighted by Crippen LogP contribution is 2.21. The molecule has 0 saturated heterocycles. The molecular formula is C17H22N2O. The van der Waals surface area contributed by atoms with Crippen LogP contribution < -0.4 is 16.0 Å². The monoisotopic (exact) mass is 270 g/mol. The topological polar surface area (TPSA) is 47.3 Å². The third-order valence-corrected chi connectivity index (χ3v) is 3.52. The SMILES string of the molecule is COc1ccc(C(CCCc2ccccc2)NN)cc1. The van der Waals surface area contributed by atoms with Gasteiger partial charge in [-0.25, -0.2) is 0 Å². The Kier molecular flexibility index (Phi) is 5.59. The number of hydrogen-bond donors (Lipinski definition) is 2. The van der Waals surface area contributed by atoms with E-state index in [0.717, 1.165) is 25.0 Å². The normalized spacial score (nSPS) is 12.1. The number of rotatable bonds is 7. The van der Waals surface area contributed by atoms with Gasteiger partial charge in [0.2, 0.25) is 0 Å². The maximum Gasteiger partial charge on any atom is 0.118 e. The Morgan fingerprint density at radius 2 is 1.75 bits per heavy atom. The lowest BCUT2D eigenvalue weighted by Crippen LogP contribution is -2.28. The number of hydrogen-bond acceptors (Lipinski definition) is 3. The molecule has 0 aliphatic rings. The molecule has 0 aromatic heterocycles. The van der Waals surface area contributed by atoms with Gasteiger partial charge in [-0.2, -0.15) is 0 Å². The summed E-state index contributed by atoms with van der Waals surface area (Å²) in [6.45, 7) is 0. The predicted octanol–water partition coefficient (Wildman–Crippen LogP) is 3.22. The van der Waals surface area contributed by atoms with E-state index in [1.165, 1.54) is 11.1 Å². The van der Waals surface area contributed by atoms with E-state index in [9.17, 15) is 0 Å². The van der Waals surface area contributed by atoms with Crippen molar-refractivity contribution in [3.05, 3.63) is 65.7 Å². The van der Waals surface area contributed by atoms with E-state index >= 15 is 0 Å². The average molecular weight is 270 g/mol. The Hall–Kier alpha value is -1.84. The lowest BCUT2D eigenvalue weighted by molar-refractivity contribution is 0.414. The van der Waals surface area contributed by atoms with Crippen LogP contribution in [0.4, 0.5) is 0 Å². The van der Waals surface area contributed by atoms with Crippen LogP contribution in [0.5, 0.6) is 5.75 Å². The second-order valence-corrected chi connectivity index (χ2v) is 4.87. The Morgan fingerprint density at radius 1 is 1.05 bits per heavy atom. The van der Waals surface area contributed by atoms with Crippen molar-refractivity contribution in [1.82, 2.24) is 5.43 Å². The van der Waals surface area contributed by atoms with E-state index in [1.807, 2.05) is 18.2 Å². The Morgan fingerprint density at radius 3 is 2.35 bits per heavy atom. The van der Waals surface area contributed by atoms with Gasteiger partial charge in [-0.05, 0) is 42.5 Å². The van der Waals surface area contributed by atoms with Crippen molar-refractivity contribution >= 4 is 0 Å². The minimum absolute atomic E-state index is 0.185. The minimum atomic E-state index is 0.185. The van der Waals surface area contributed by atoms with Crippen molar-refractivity contribution in [2.24, 2.45) is 5.84 Å². The molecule has 1 atom stereocenters. The molecule has 0 saturated carbocycles. The van der Waals surface area contributed by atoms with Crippen molar-refractivity contribution in [1.29, 1.82) is 0 Å². The largest absolute Gasteiger partial charge is 0.497 e. The molecule has 0 bridgehead atoms. The molecule has 2 rings (SSSR count). The van der Waals surface area contributed by atoms with E-state index in [1.54, 1.807) is 7.11 Å². The summed E-state index contributed by atoms with van der Waals surface area (Å²) in [5.41, 5.74) is 5.47. The summed E-state index contributed by atoms with van der Waals surface area (Å²) in [4.78, 5) is 0. The second kappa shape index (κ2) is 7.68.